The first-order valence-corrected chi connectivity index (χ1v) is 6.94. The summed E-state index contributed by atoms with van der Waals surface area (Å²) in [4.78, 5) is 0. The van der Waals surface area contributed by atoms with Crippen molar-refractivity contribution in [2.24, 2.45) is 5.92 Å². The van der Waals surface area contributed by atoms with Gasteiger partial charge in [0.1, 0.15) is 5.75 Å². The molecule has 3 nitrogen and oxygen atoms in total. The summed E-state index contributed by atoms with van der Waals surface area (Å²) in [6.45, 7) is 5.82. The van der Waals surface area contributed by atoms with E-state index in [9.17, 15) is 0 Å². The quantitative estimate of drug-likeness (QED) is 0.782. The summed E-state index contributed by atoms with van der Waals surface area (Å²) >= 11 is 0. The Labute approximate surface area is 120 Å². The third kappa shape index (κ3) is 4.50. The van der Waals surface area contributed by atoms with Gasteiger partial charge in [0.05, 0.1) is 6.61 Å². The van der Waals surface area contributed by atoms with E-state index in [0.717, 1.165) is 30.3 Å². The van der Waals surface area contributed by atoms with E-state index in [1.165, 1.54) is 5.56 Å². The predicted octanol–water partition coefficient (Wildman–Crippen LogP) is 3.92. The normalized spacial score (nSPS) is 10.6. The van der Waals surface area contributed by atoms with E-state index in [1.54, 1.807) is 0 Å². The monoisotopic (exact) mass is 270 g/mol. The van der Waals surface area contributed by atoms with Gasteiger partial charge in [-0.3, -0.25) is 0 Å². The van der Waals surface area contributed by atoms with Crippen molar-refractivity contribution in [3.05, 3.63) is 54.1 Å². The highest BCUT2D eigenvalue weighted by atomic mass is 16.5. The molecule has 0 spiro atoms. The van der Waals surface area contributed by atoms with Crippen LogP contribution in [0.25, 0.3) is 0 Å². The lowest BCUT2D eigenvalue weighted by atomic mass is 10.2. The number of nitrogen functional groups attached to an aromatic ring is 1. The molecule has 3 N–H and O–H groups in total. The summed E-state index contributed by atoms with van der Waals surface area (Å²) in [5.41, 5.74) is 8.75. The summed E-state index contributed by atoms with van der Waals surface area (Å²) in [7, 11) is 0. The van der Waals surface area contributed by atoms with Crippen LogP contribution >= 0.6 is 0 Å². The zero-order valence-electron chi connectivity index (χ0n) is 12.1. The van der Waals surface area contributed by atoms with E-state index >= 15 is 0 Å². The fraction of sp³-hybridized carbons (Fsp3) is 0.294. The topological polar surface area (TPSA) is 47.3 Å². The molecule has 0 unspecified atom stereocenters. The van der Waals surface area contributed by atoms with E-state index in [0.29, 0.717) is 5.92 Å². The smallest absolute Gasteiger partial charge is 0.119 e. The maximum atomic E-state index is 5.67. The van der Waals surface area contributed by atoms with Gasteiger partial charge in [0.25, 0.3) is 0 Å². The molecule has 0 aliphatic carbocycles. The molecule has 0 aromatic heterocycles. The molecular weight excluding hydrogens is 248 g/mol. The van der Waals surface area contributed by atoms with Gasteiger partial charge in [-0.05, 0) is 47.9 Å². The van der Waals surface area contributed by atoms with Gasteiger partial charge in [0.2, 0.25) is 0 Å². The predicted molar refractivity (Wildman–Crippen MR) is 85.0 cm³/mol. The maximum absolute atomic E-state index is 5.67. The van der Waals surface area contributed by atoms with E-state index in [4.69, 9.17) is 10.5 Å². The Kier molecular flexibility index (Phi) is 4.88. The molecule has 2 aromatic carbocycles. The number of ether oxygens (including phenoxy) is 1. The third-order valence-electron chi connectivity index (χ3n) is 2.91. The van der Waals surface area contributed by atoms with Crippen LogP contribution in [0.1, 0.15) is 19.4 Å². The number of benzene rings is 2. The molecule has 0 aliphatic heterocycles. The number of anilines is 2. The maximum Gasteiger partial charge on any atom is 0.119 e. The van der Waals surface area contributed by atoms with Crippen LogP contribution in [0.3, 0.4) is 0 Å². The molecule has 20 heavy (non-hydrogen) atoms. The first kappa shape index (κ1) is 14.3. The van der Waals surface area contributed by atoms with E-state index in [1.807, 2.05) is 48.5 Å². The molecule has 0 saturated carbocycles. The van der Waals surface area contributed by atoms with Gasteiger partial charge in [-0.2, -0.15) is 0 Å². The van der Waals surface area contributed by atoms with Crippen molar-refractivity contribution in [3.63, 3.8) is 0 Å². The fourth-order valence-corrected chi connectivity index (χ4v) is 1.77. The van der Waals surface area contributed by atoms with Gasteiger partial charge in [0.15, 0.2) is 0 Å². The van der Waals surface area contributed by atoms with Crippen LogP contribution < -0.4 is 15.8 Å². The number of hydrogen-bond donors (Lipinski definition) is 2. The third-order valence-corrected chi connectivity index (χ3v) is 2.91. The zero-order chi connectivity index (χ0) is 14.4. The standard InChI is InChI=1S/C17H22N2O/c1-13(2)12-20-17-9-7-16(8-10-17)19-11-14-3-5-15(18)6-4-14/h3-10,13,19H,11-12,18H2,1-2H3. The van der Waals surface area contributed by atoms with Gasteiger partial charge in [-0.25, -0.2) is 0 Å². The molecule has 0 fully saturated rings. The Bertz CT molecular complexity index is 518. The Balaban J connectivity index is 1.85. The lowest BCUT2D eigenvalue weighted by Crippen LogP contribution is -2.04. The Morgan fingerprint density at radius 3 is 2.25 bits per heavy atom. The average Bonchev–Trinajstić information content (AvgIpc) is 2.45. The van der Waals surface area contributed by atoms with Crippen LogP contribution in [0.2, 0.25) is 0 Å². The van der Waals surface area contributed by atoms with E-state index in [-0.39, 0.29) is 0 Å². The number of hydrogen-bond acceptors (Lipinski definition) is 3. The molecule has 0 saturated heterocycles. The van der Waals surface area contributed by atoms with Crippen LogP contribution in [0.15, 0.2) is 48.5 Å². The summed E-state index contributed by atoms with van der Waals surface area (Å²) in [6, 6.07) is 16.0. The second-order valence-electron chi connectivity index (χ2n) is 5.32. The molecule has 0 aliphatic rings. The highest BCUT2D eigenvalue weighted by Crippen LogP contribution is 2.17. The molecule has 0 amide bonds. The minimum atomic E-state index is 0.540. The van der Waals surface area contributed by atoms with Crippen LogP contribution in [0, 0.1) is 5.92 Å². The molecule has 2 rings (SSSR count). The van der Waals surface area contributed by atoms with Crippen molar-refractivity contribution in [2.75, 3.05) is 17.7 Å². The largest absolute Gasteiger partial charge is 0.493 e. The first-order valence-electron chi connectivity index (χ1n) is 6.94. The lowest BCUT2D eigenvalue weighted by Gasteiger charge is -2.10. The molecule has 2 aromatic rings. The molecule has 0 bridgehead atoms. The summed E-state index contributed by atoms with van der Waals surface area (Å²) in [5.74, 6) is 1.45. The fourth-order valence-electron chi connectivity index (χ4n) is 1.77. The molecule has 106 valence electrons. The SMILES string of the molecule is CC(C)COc1ccc(NCc2ccc(N)cc2)cc1. The number of rotatable bonds is 6. The number of nitrogens with one attached hydrogen (secondary N) is 1. The van der Waals surface area contributed by atoms with E-state index in [2.05, 4.69) is 19.2 Å². The van der Waals surface area contributed by atoms with E-state index < -0.39 is 0 Å². The van der Waals surface area contributed by atoms with Crippen molar-refractivity contribution in [1.29, 1.82) is 0 Å². The van der Waals surface area contributed by atoms with Gasteiger partial charge >= 0.3 is 0 Å². The van der Waals surface area contributed by atoms with Gasteiger partial charge in [0, 0.05) is 17.9 Å². The molecule has 3 heteroatoms. The molecular formula is C17H22N2O. The molecule has 0 radical (unpaired) electrons. The minimum Gasteiger partial charge on any atom is -0.493 e. The molecule has 0 atom stereocenters. The summed E-state index contributed by atoms with van der Waals surface area (Å²) < 4.78 is 5.66. The van der Waals surface area contributed by atoms with Crippen molar-refractivity contribution in [3.8, 4) is 5.75 Å². The van der Waals surface area contributed by atoms with Crippen molar-refractivity contribution < 1.29 is 4.74 Å². The lowest BCUT2D eigenvalue weighted by molar-refractivity contribution is 0.271. The van der Waals surface area contributed by atoms with Crippen molar-refractivity contribution in [1.82, 2.24) is 0 Å². The number of nitrogens with two attached hydrogens (primary N) is 1. The van der Waals surface area contributed by atoms with Crippen molar-refractivity contribution in [2.45, 2.75) is 20.4 Å². The van der Waals surface area contributed by atoms with Crippen LogP contribution in [0.5, 0.6) is 5.75 Å². The van der Waals surface area contributed by atoms with Gasteiger partial charge in [-0.1, -0.05) is 26.0 Å². The Morgan fingerprint density at radius 1 is 1.00 bits per heavy atom. The second kappa shape index (κ2) is 6.85. The molecule has 0 heterocycles. The Hall–Kier alpha value is -2.16. The highest BCUT2D eigenvalue weighted by Gasteiger charge is 1.98. The van der Waals surface area contributed by atoms with Gasteiger partial charge in [-0.15, -0.1) is 0 Å². The van der Waals surface area contributed by atoms with Crippen molar-refractivity contribution >= 4 is 11.4 Å². The minimum absolute atomic E-state index is 0.540. The zero-order valence-corrected chi connectivity index (χ0v) is 12.1. The summed E-state index contributed by atoms with van der Waals surface area (Å²) in [5, 5.41) is 3.38. The van der Waals surface area contributed by atoms with Crippen LogP contribution in [-0.4, -0.2) is 6.61 Å². The summed E-state index contributed by atoms with van der Waals surface area (Å²) in [6.07, 6.45) is 0. The second-order valence-corrected chi connectivity index (χ2v) is 5.32. The van der Waals surface area contributed by atoms with Gasteiger partial charge < -0.3 is 15.8 Å². The first-order chi connectivity index (χ1) is 9.63. The Morgan fingerprint density at radius 2 is 1.65 bits per heavy atom. The average molecular weight is 270 g/mol. The van der Waals surface area contributed by atoms with Crippen LogP contribution in [0.4, 0.5) is 11.4 Å². The highest BCUT2D eigenvalue weighted by molar-refractivity contribution is 5.47. The van der Waals surface area contributed by atoms with Crippen LogP contribution in [-0.2, 0) is 6.54 Å².